The van der Waals surface area contributed by atoms with E-state index in [-0.39, 0.29) is 11.9 Å². The van der Waals surface area contributed by atoms with Gasteiger partial charge in [-0.15, -0.1) is 0 Å². The number of nitrogens with one attached hydrogen (secondary N) is 1. The van der Waals surface area contributed by atoms with Gasteiger partial charge in [0.05, 0.1) is 19.3 Å². The van der Waals surface area contributed by atoms with E-state index in [1.54, 1.807) is 6.07 Å². The summed E-state index contributed by atoms with van der Waals surface area (Å²) in [7, 11) is 0. The summed E-state index contributed by atoms with van der Waals surface area (Å²) in [4.78, 5) is 13.7. The van der Waals surface area contributed by atoms with E-state index in [2.05, 4.69) is 10.2 Å². The van der Waals surface area contributed by atoms with Gasteiger partial charge in [0.15, 0.2) is 0 Å². The molecule has 1 amide bonds. The minimum absolute atomic E-state index is 0.132. The number of carbonyl (C=O) groups is 1. The zero-order valence-corrected chi connectivity index (χ0v) is 12.1. The molecule has 2 unspecified atom stereocenters. The lowest BCUT2D eigenvalue weighted by atomic mass is 10.0. The Morgan fingerprint density at radius 1 is 1.48 bits per heavy atom. The van der Waals surface area contributed by atoms with E-state index in [9.17, 15) is 14.3 Å². The summed E-state index contributed by atoms with van der Waals surface area (Å²) in [6, 6.07) is 6.25. The van der Waals surface area contributed by atoms with Gasteiger partial charge in [-0.2, -0.15) is 0 Å². The zero-order valence-electron chi connectivity index (χ0n) is 12.1. The van der Waals surface area contributed by atoms with Gasteiger partial charge in [-0.05, 0) is 24.6 Å². The Kier molecular flexibility index (Phi) is 5.67. The van der Waals surface area contributed by atoms with Gasteiger partial charge >= 0.3 is 0 Å². The SMILES string of the molecule is CC(O)C(=O)NCC(c1cccc(F)c1)N1CCOCC1. The minimum atomic E-state index is -1.05. The first kappa shape index (κ1) is 15.9. The van der Waals surface area contributed by atoms with Crippen molar-refractivity contribution >= 4 is 5.91 Å². The van der Waals surface area contributed by atoms with Gasteiger partial charge in [-0.25, -0.2) is 4.39 Å². The molecule has 1 aliphatic rings. The van der Waals surface area contributed by atoms with Crippen LogP contribution in [-0.2, 0) is 9.53 Å². The summed E-state index contributed by atoms with van der Waals surface area (Å²) in [6.45, 7) is 4.44. The molecule has 1 saturated heterocycles. The van der Waals surface area contributed by atoms with Gasteiger partial charge in [0.25, 0.3) is 0 Å². The number of carbonyl (C=O) groups excluding carboxylic acids is 1. The van der Waals surface area contributed by atoms with Crippen molar-refractivity contribution in [2.24, 2.45) is 0 Å². The van der Waals surface area contributed by atoms with Gasteiger partial charge in [0.2, 0.25) is 5.91 Å². The molecular weight excluding hydrogens is 275 g/mol. The third kappa shape index (κ3) is 4.49. The largest absolute Gasteiger partial charge is 0.384 e. The molecule has 2 N–H and O–H groups in total. The molecule has 1 aromatic carbocycles. The molecular formula is C15H21FN2O3. The Morgan fingerprint density at radius 3 is 2.81 bits per heavy atom. The third-order valence-electron chi connectivity index (χ3n) is 3.57. The lowest BCUT2D eigenvalue weighted by molar-refractivity contribution is -0.128. The van der Waals surface area contributed by atoms with E-state index in [1.807, 2.05) is 6.07 Å². The van der Waals surface area contributed by atoms with Crippen molar-refractivity contribution < 1.29 is 19.0 Å². The fraction of sp³-hybridized carbons (Fsp3) is 0.533. The molecule has 6 heteroatoms. The molecule has 0 aromatic heterocycles. The minimum Gasteiger partial charge on any atom is -0.384 e. The number of ether oxygens (including phenoxy) is 1. The van der Waals surface area contributed by atoms with Crippen LogP contribution in [0.25, 0.3) is 0 Å². The zero-order chi connectivity index (χ0) is 15.2. The second-order valence-electron chi connectivity index (χ2n) is 5.14. The Morgan fingerprint density at radius 2 is 2.19 bits per heavy atom. The van der Waals surface area contributed by atoms with Crippen molar-refractivity contribution in [1.29, 1.82) is 0 Å². The van der Waals surface area contributed by atoms with E-state index >= 15 is 0 Å². The molecule has 2 rings (SSSR count). The van der Waals surface area contributed by atoms with Gasteiger partial charge in [-0.1, -0.05) is 12.1 Å². The normalized spacial score (nSPS) is 19.0. The Balaban J connectivity index is 2.11. The van der Waals surface area contributed by atoms with Crippen molar-refractivity contribution in [1.82, 2.24) is 10.2 Å². The van der Waals surface area contributed by atoms with Crippen molar-refractivity contribution in [3.63, 3.8) is 0 Å². The predicted octanol–water partition coefficient (Wildman–Crippen LogP) is 0.696. The third-order valence-corrected chi connectivity index (χ3v) is 3.57. The van der Waals surface area contributed by atoms with Crippen LogP contribution in [0.3, 0.4) is 0 Å². The Bertz CT molecular complexity index is 476. The first-order valence-corrected chi connectivity index (χ1v) is 7.11. The lowest BCUT2D eigenvalue weighted by Gasteiger charge is -2.35. The molecule has 1 fully saturated rings. The maximum atomic E-state index is 13.5. The predicted molar refractivity (Wildman–Crippen MR) is 76.2 cm³/mol. The number of morpholine rings is 1. The van der Waals surface area contributed by atoms with Crippen LogP contribution in [-0.4, -0.2) is 54.9 Å². The van der Waals surface area contributed by atoms with E-state index in [0.29, 0.717) is 19.8 Å². The number of hydrogen-bond donors (Lipinski definition) is 2. The second-order valence-corrected chi connectivity index (χ2v) is 5.14. The van der Waals surface area contributed by atoms with E-state index in [0.717, 1.165) is 18.7 Å². The first-order chi connectivity index (χ1) is 10.1. The molecule has 21 heavy (non-hydrogen) atoms. The lowest BCUT2D eigenvalue weighted by Crippen LogP contribution is -2.45. The molecule has 0 spiro atoms. The summed E-state index contributed by atoms with van der Waals surface area (Å²) >= 11 is 0. The molecule has 1 aliphatic heterocycles. The number of rotatable bonds is 5. The number of benzene rings is 1. The summed E-state index contributed by atoms with van der Waals surface area (Å²) in [5.41, 5.74) is 0.808. The average Bonchev–Trinajstić information content (AvgIpc) is 2.48. The highest BCUT2D eigenvalue weighted by Gasteiger charge is 2.24. The van der Waals surface area contributed by atoms with Gasteiger partial charge in [0, 0.05) is 19.6 Å². The van der Waals surface area contributed by atoms with Crippen LogP contribution in [0.15, 0.2) is 24.3 Å². The van der Waals surface area contributed by atoms with Crippen LogP contribution in [0.2, 0.25) is 0 Å². The van der Waals surface area contributed by atoms with Crippen LogP contribution in [0.5, 0.6) is 0 Å². The van der Waals surface area contributed by atoms with Crippen LogP contribution >= 0.6 is 0 Å². The van der Waals surface area contributed by atoms with Crippen LogP contribution in [0.4, 0.5) is 4.39 Å². The molecule has 116 valence electrons. The quantitative estimate of drug-likeness (QED) is 0.839. The number of aliphatic hydroxyl groups is 1. The van der Waals surface area contributed by atoms with Gasteiger partial charge in [-0.3, -0.25) is 9.69 Å². The molecule has 0 bridgehead atoms. The first-order valence-electron chi connectivity index (χ1n) is 7.11. The number of halogens is 1. The number of aliphatic hydroxyl groups excluding tert-OH is 1. The molecule has 0 aliphatic carbocycles. The molecule has 0 saturated carbocycles. The maximum Gasteiger partial charge on any atom is 0.248 e. The number of nitrogens with zero attached hydrogens (tertiary/aromatic N) is 1. The highest BCUT2D eigenvalue weighted by Crippen LogP contribution is 2.22. The second kappa shape index (κ2) is 7.49. The summed E-state index contributed by atoms with van der Waals surface area (Å²) in [5.74, 6) is -0.725. The summed E-state index contributed by atoms with van der Waals surface area (Å²) < 4.78 is 18.8. The number of amides is 1. The smallest absolute Gasteiger partial charge is 0.248 e. The van der Waals surface area contributed by atoms with Crippen LogP contribution in [0, 0.1) is 5.82 Å². The molecule has 1 aromatic rings. The van der Waals surface area contributed by atoms with Crippen LogP contribution in [0.1, 0.15) is 18.5 Å². The standard InChI is InChI=1S/C15H21FN2O3/c1-11(19)15(20)17-10-14(18-5-7-21-8-6-18)12-3-2-4-13(16)9-12/h2-4,9,11,14,19H,5-8,10H2,1H3,(H,17,20). The van der Waals surface area contributed by atoms with Gasteiger partial charge in [0.1, 0.15) is 11.9 Å². The van der Waals surface area contributed by atoms with E-state index in [1.165, 1.54) is 19.1 Å². The van der Waals surface area contributed by atoms with Crippen molar-refractivity contribution in [2.75, 3.05) is 32.8 Å². The molecule has 5 nitrogen and oxygen atoms in total. The van der Waals surface area contributed by atoms with Crippen molar-refractivity contribution in [3.8, 4) is 0 Å². The van der Waals surface area contributed by atoms with Crippen molar-refractivity contribution in [3.05, 3.63) is 35.6 Å². The molecule has 1 heterocycles. The highest BCUT2D eigenvalue weighted by molar-refractivity contribution is 5.80. The monoisotopic (exact) mass is 296 g/mol. The van der Waals surface area contributed by atoms with E-state index in [4.69, 9.17) is 4.74 Å². The summed E-state index contributed by atoms with van der Waals surface area (Å²) in [5, 5.41) is 12.0. The fourth-order valence-corrected chi connectivity index (χ4v) is 2.41. The van der Waals surface area contributed by atoms with Crippen LogP contribution < -0.4 is 5.32 Å². The average molecular weight is 296 g/mol. The Hall–Kier alpha value is -1.50. The van der Waals surface area contributed by atoms with E-state index < -0.39 is 12.0 Å². The molecule has 0 radical (unpaired) electrons. The fourth-order valence-electron chi connectivity index (χ4n) is 2.41. The van der Waals surface area contributed by atoms with Crippen molar-refractivity contribution in [2.45, 2.75) is 19.1 Å². The maximum absolute atomic E-state index is 13.5. The topological polar surface area (TPSA) is 61.8 Å². The summed E-state index contributed by atoms with van der Waals surface area (Å²) in [6.07, 6.45) is -1.05. The molecule has 2 atom stereocenters. The Labute approximate surface area is 123 Å². The highest BCUT2D eigenvalue weighted by atomic mass is 19.1. The van der Waals surface area contributed by atoms with Gasteiger partial charge < -0.3 is 15.2 Å². The number of hydrogen-bond acceptors (Lipinski definition) is 4.